The number of nitrogens with one attached hydrogen (secondary N) is 1. The molecule has 0 aromatic heterocycles. The molecule has 0 spiro atoms. The second-order valence-electron chi connectivity index (χ2n) is 2.92. The van der Waals surface area contributed by atoms with Gasteiger partial charge in [0.2, 0.25) is 0 Å². The van der Waals surface area contributed by atoms with Crippen LogP contribution in [0.25, 0.3) is 0 Å². The summed E-state index contributed by atoms with van der Waals surface area (Å²) in [5.41, 5.74) is 0. The first kappa shape index (κ1) is 12.2. The van der Waals surface area contributed by atoms with Crippen molar-refractivity contribution < 1.29 is 0 Å². The molecule has 13 heavy (non-hydrogen) atoms. The van der Waals surface area contributed by atoms with Crippen molar-refractivity contribution in [3.8, 4) is 6.07 Å². The molecular formula is C9H17N3S. The van der Waals surface area contributed by atoms with Crippen LogP contribution in [0.5, 0.6) is 0 Å². The summed E-state index contributed by atoms with van der Waals surface area (Å²) in [7, 11) is 1.90. The van der Waals surface area contributed by atoms with E-state index in [-0.39, 0.29) is 0 Å². The van der Waals surface area contributed by atoms with Crippen molar-refractivity contribution in [2.75, 3.05) is 20.1 Å². The molecule has 0 aromatic rings. The Morgan fingerprint density at radius 3 is 2.85 bits per heavy atom. The Balaban J connectivity index is 3.52. The third-order valence-corrected chi connectivity index (χ3v) is 2.17. The molecule has 0 aliphatic rings. The molecule has 0 atom stereocenters. The molecule has 0 aromatic carbocycles. The normalized spacial score (nSPS) is 9.00. The molecule has 1 N–H and O–H groups in total. The maximum atomic E-state index is 8.37. The Bertz CT molecular complexity index is 186. The van der Waals surface area contributed by atoms with Gasteiger partial charge in [0.25, 0.3) is 0 Å². The SMILES string of the molecule is CCCCNC(=S)N(C)CCC#N. The van der Waals surface area contributed by atoms with Crippen LogP contribution in [-0.2, 0) is 0 Å². The highest BCUT2D eigenvalue weighted by Crippen LogP contribution is 1.89. The number of thiocarbonyl (C=S) groups is 1. The number of unbranched alkanes of at least 4 members (excludes halogenated alkanes) is 1. The van der Waals surface area contributed by atoms with Crippen molar-refractivity contribution in [1.82, 2.24) is 10.2 Å². The molecule has 0 amide bonds. The van der Waals surface area contributed by atoms with E-state index in [9.17, 15) is 0 Å². The van der Waals surface area contributed by atoms with E-state index in [2.05, 4.69) is 18.3 Å². The lowest BCUT2D eigenvalue weighted by atomic mass is 10.3. The van der Waals surface area contributed by atoms with Crippen LogP contribution < -0.4 is 5.32 Å². The molecule has 3 nitrogen and oxygen atoms in total. The molecule has 0 aliphatic carbocycles. The van der Waals surface area contributed by atoms with Gasteiger partial charge in [-0.2, -0.15) is 5.26 Å². The van der Waals surface area contributed by atoms with E-state index < -0.39 is 0 Å². The fraction of sp³-hybridized carbons (Fsp3) is 0.778. The van der Waals surface area contributed by atoms with Crippen LogP contribution in [0.3, 0.4) is 0 Å². The van der Waals surface area contributed by atoms with E-state index in [1.165, 1.54) is 0 Å². The molecule has 0 aliphatic heterocycles. The van der Waals surface area contributed by atoms with Crippen LogP contribution in [0.1, 0.15) is 26.2 Å². The average molecular weight is 199 g/mol. The van der Waals surface area contributed by atoms with Crippen molar-refractivity contribution in [2.45, 2.75) is 26.2 Å². The topological polar surface area (TPSA) is 39.1 Å². The van der Waals surface area contributed by atoms with Crippen molar-refractivity contribution in [3.05, 3.63) is 0 Å². The van der Waals surface area contributed by atoms with E-state index in [0.717, 1.165) is 24.5 Å². The number of nitriles is 1. The summed E-state index contributed by atoms with van der Waals surface area (Å²) < 4.78 is 0. The zero-order valence-corrected chi connectivity index (χ0v) is 9.15. The third kappa shape index (κ3) is 6.35. The van der Waals surface area contributed by atoms with E-state index in [1.54, 1.807) is 0 Å². The molecule has 0 rings (SSSR count). The van der Waals surface area contributed by atoms with Gasteiger partial charge in [-0.1, -0.05) is 13.3 Å². The van der Waals surface area contributed by atoms with Gasteiger partial charge in [0.15, 0.2) is 5.11 Å². The lowest BCUT2D eigenvalue weighted by Crippen LogP contribution is -2.37. The van der Waals surface area contributed by atoms with Gasteiger partial charge in [-0.05, 0) is 18.6 Å². The minimum absolute atomic E-state index is 0.520. The Kier molecular flexibility index (Phi) is 7.32. The standard InChI is InChI=1S/C9H17N3S/c1-3-4-7-11-9(13)12(2)8-5-6-10/h3-5,7-8H2,1-2H3,(H,11,13). The maximum absolute atomic E-state index is 8.37. The van der Waals surface area contributed by atoms with Gasteiger partial charge in [-0.25, -0.2) is 0 Å². The highest BCUT2D eigenvalue weighted by Gasteiger charge is 2.01. The lowest BCUT2D eigenvalue weighted by Gasteiger charge is -2.19. The Morgan fingerprint density at radius 1 is 1.62 bits per heavy atom. The molecule has 0 unspecified atom stereocenters. The highest BCUT2D eigenvalue weighted by atomic mass is 32.1. The first-order valence-corrected chi connectivity index (χ1v) is 4.99. The predicted molar refractivity (Wildman–Crippen MR) is 58.4 cm³/mol. The van der Waals surface area contributed by atoms with Crippen molar-refractivity contribution in [1.29, 1.82) is 5.26 Å². The molecule has 0 saturated carbocycles. The summed E-state index contributed by atoms with van der Waals surface area (Å²) in [6, 6.07) is 2.09. The predicted octanol–water partition coefficient (Wildman–Crippen LogP) is 1.51. The van der Waals surface area contributed by atoms with E-state index in [0.29, 0.717) is 13.0 Å². The second-order valence-corrected chi connectivity index (χ2v) is 3.30. The third-order valence-electron chi connectivity index (χ3n) is 1.71. The van der Waals surface area contributed by atoms with Gasteiger partial charge in [-0.3, -0.25) is 0 Å². The molecule has 0 radical (unpaired) electrons. The zero-order valence-electron chi connectivity index (χ0n) is 8.34. The van der Waals surface area contributed by atoms with Crippen molar-refractivity contribution in [2.24, 2.45) is 0 Å². The van der Waals surface area contributed by atoms with Gasteiger partial charge < -0.3 is 10.2 Å². The number of nitrogens with zero attached hydrogens (tertiary/aromatic N) is 2. The molecule has 0 saturated heterocycles. The van der Waals surface area contributed by atoms with Crippen LogP contribution >= 0.6 is 12.2 Å². The largest absolute Gasteiger partial charge is 0.363 e. The molecular weight excluding hydrogens is 182 g/mol. The maximum Gasteiger partial charge on any atom is 0.168 e. The highest BCUT2D eigenvalue weighted by molar-refractivity contribution is 7.80. The van der Waals surface area contributed by atoms with Gasteiger partial charge in [0.1, 0.15) is 0 Å². The van der Waals surface area contributed by atoms with Crippen LogP contribution in [-0.4, -0.2) is 30.1 Å². The quantitative estimate of drug-likeness (QED) is 0.538. The van der Waals surface area contributed by atoms with Crippen LogP contribution in [0.15, 0.2) is 0 Å². The van der Waals surface area contributed by atoms with Gasteiger partial charge in [0, 0.05) is 20.1 Å². The van der Waals surface area contributed by atoms with Gasteiger partial charge in [-0.15, -0.1) is 0 Å². The fourth-order valence-electron chi connectivity index (χ4n) is 0.826. The molecule has 0 fully saturated rings. The summed E-state index contributed by atoms with van der Waals surface area (Å²) in [5, 5.41) is 12.3. The van der Waals surface area contributed by atoms with Crippen LogP contribution in [0.2, 0.25) is 0 Å². The number of hydrogen-bond acceptors (Lipinski definition) is 2. The minimum Gasteiger partial charge on any atom is -0.363 e. The monoisotopic (exact) mass is 199 g/mol. The Labute approximate surface area is 85.7 Å². The molecule has 0 bridgehead atoms. The number of hydrogen-bond donors (Lipinski definition) is 1. The van der Waals surface area contributed by atoms with Crippen LogP contribution in [0, 0.1) is 11.3 Å². The fourth-order valence-corrected chi connectivity index (χ4v) is 1.02. The molecule has 4 heteroatoms. The minimum atomic E-state index is 0.520. The Hall–Kier alpha value is -0.820. The summed E-state index contributed by atoms with van der Waals surface area (Å²) in [5.74, 6) is 0. The first-order valence-electron chi connectivity index (χ1n) is 4.58. The Morgan fingerprint density at radius 2 is 2.31 bits per heavy atom. The summed E-state index contributed by atoms with van der Waals surface area (Å²) in [6.07, 6.45) is 2.82. The van der Waals surface area contributed by atoms with Crippen LogP contribution in [0.4, 0.5) is 0 Å². The smallest absolute Gasteiger partial charge is 0.168 e. The average Bonchev–Trinajstić information content (AvgIpc) is 2.14. The first-order chi connectivity index (χ1) is 6.22. The van der Waals surface area contributed by atoms with Gasteiger partial charge >= 0.3 is 0 Å². The summed E-state index contributed by atoms with van der Waals surface area (Å²) in [6.45, 7) is 3.77. The molecule has 0 heterocycles. The molecule has 74 valence electrons. The summed E-state index contributed by atoms with van der Waals surface area (Å²) in [4.78, 5) is 1.90. The van der Waals surface area contributed by atoms with E-state index >= 15 is 0 Å². The van der Waals surface area contributed by atoms with E-state index in [1.807, 2.05) is 11.9 Å². The van der Waals surface area contributed by atoms with Crippen molar-refractivity contribution in [3.63, 3.8) is 0 Å². The van der Waals surface area contributed by atoms with Gasteiger partial charge in [0.05, 0.1) is 12.5 Å². The van der Waals surface area contributed by atoms with Crippen molar-refractivity contribution >= 4 is 17.3 Å². The van der Waals surface area contributed by atoms with E-state index in [4.69, 9.17) is 17.5 Å². The zero-order chi connectivity index (χ0) is 10.1. The summed E-state index contributed by atoms with van der Waals surface area (Å²) >= 11 is 5.11. The second kappa shape index (κ2) is 7.81. The lowest BCUT2D eigenvalue weighted by molar-refractivity contribution is 0.502. The number of rotatable bonds is 5.